The van der Waals surface area contributed by atoms with Crippen molar-refractivity contribution < 1.29 is 14.3 Å². The molecule has 6 heteroatoms. The number of hydrogen-bond acceptors (Lipinski definition) is 3. The monoisotopic (exact) mass is 422 g/mol. The summed E-state index contributed by atoms with van der Waals surface area (Å²) in [7, 11) is 0. The van der Waals surface area contributed by atoms with Crippen LogP contribution >= 0.6 is 11.6 Å². The third-order valence-electron chi connectivity index (χ3n) is 4.60. The molecule has 3 aromatic rings. The quantitative estimate of drug-likeness (QED) is 0.552. The number of hydrogen-bond donors (Lipinski definition) is 2. The first kappa shape index (κ1) is 21.4. The second kappa shape index (κ2) is 9.94. The van der Waals surface area contributed by atoms with E-state index in [1.807, 2.05) is 50.2 Å². The number of aryl methyl sites for hydroxylation is 1. The Kier molecular flexibility index (Phi) is 7.09. The van der Waals surface area contributed by atoms with Gasteiger partial charge in [-0.25, -0.2) is 0 Å². The third kappa shape index (κ3) is 5.61. The van der Waals surface area contributed by atoms with Crippen LogP contribution in [0.25, 0.3) is 0 Å². The average Bonchev–Trinajstić information content (AvgIpc) is 2.75. The lowest BCUT2D eigenvalue weighted by Crippen LogP contribution is -2.31. The second-order valence-corrected chi connectivity index (χ2v) is 7.31. The number of ether oxygens (including phenoxy) is 1. The van der Waals surface area contributed by atoms with Gasteiger partial charge in [-0.3, -0.25) is 9.59 Å². The molecule has 0 saturated heterocycles. The number of para-hydroxylation sites is 1. The Morgan fingerprint density at radius 1 is 1.00 bits per heavy atom. The zero-order valence-corrected chi connectivity index (χ0v) is 17.6. The molecule has 30 heavy (non-hydrogen) atoms. The lowest BCUT2D eigenvalue weighted by atomic mass is 10.1. The molecule has 0 aliphatic heterocycles. The standard InChI is InChI=1S/C24H23ClN2O3/c1-16-12-13-19(14-21(16)25)27-24(29)20-10-6-7-11-22(20)30-15-23(28)26-17(2)18-8-4-3-5-9-18/h3-14,17H,15H2,1-2H3,(H,26,28)(H,27,29)/t17-/m0/s1. The predicted octanol–water partition coefficient (Wildman–Crippen LogP) is 5.16. The van der Waals surface area contributed by atoms with Crippen LogP contribution in [0.3, 0.4) is 0 Å². The van der Waals surface area contributed by atoms with Crippen molar-refractivity contribution in [2.45, 2.75) is 19.9 Å². The largest absolute Gasteiger partial charge is 0.483 e. The molecule has 3 rings (SSSR count). The van der Waals surface area contributed by atoms with Crippen LogP contribution in [-0.2, 0) is 4.79 Å². The fourth-order valence-corrected chi connectivity index (χ4v) is 3.08. The maximum absolute atomic E-state index is 12.7. The first-order chi connectivity index (χ1) is 14.4. The summed E-state index contributed by atoms with van der Waals surface area (Å²) in [6, 6.07) is 21.6. The van der Waals surface area contributed by atoms with E-state index in [2.05, 4.69) is 10.6 Å². The van der Waals surface area contributed by atoms with E-state index in [-0.39, 0.29) is 24.5 Å². The van der Waals surface area contributed by atoms with Crippen molar-refractivity contribution in [1.29, 1.82) is 0 Å². The molecule has 0 saturated carbocycles. The molecule has 0 spiro atoms. The first-order valence-corrected chi connectivity index (χ1v) is 9.95. The summed E-state index contributed by atoms with van der Waals surface area (Å²) in [6.07, 6.45) is 0. The SMILES string of the molecule is Cc1ccc(NC(=O)c2ccccc2OCC(=O)N[C@@H](C)c2ccccc2)cc1Cl. The van der Waals surface area contributed by atoms with Gasteiger partial charge in [0.1, 0.15) is 5.75 Å². The summed E-state index contributed by atoms with van der Waals surface area (Å²) in [5.41, 5.74) is 2.84. The Labute approximate surface area is 181 Å². The number of rotatable bonds is 7. The lowest BCUT2D eigenvalue weighted by Gasteiger charge is -2.16. The van der Waals surface area contributed by atoms with Gasteiger partial charge in [0.05, 0.1) is 11.6 Å². The van der Waals surface area contributed by atoms with Crippen molar-refractivity contribution in [3.63, 3.8) is 0 Å². The van der Waals surface area contributed by atoms with Crippen LogP contribution in [0, 0.1) is 6.92 Å². The molecule has 154 valence electrons. The van der Waals surface area contributed by atoms with Crippen LogP contribution in [-0.4, -0.2) is 18.4 Å². The van der Waals surface area contributed by atoms with Gasteiger partial charge in [0.15, 0.2) is 6.61 Å². The summed E-state index contributed by atoms with van der Waals surface area (Å²) in [6.45, 7) is 3.60. The Bertz CT molecular complexity index is 1040. The number of halogens is 1. The van der Waals surface area contributed by atoms with E-state index in [9.17, 15) is 9.59 Å². The van der Waals surface area contributed by atoms with E-state index < -0.39 is 0 Å². The minimum absolute atomic E-state index is 0.146. The zero-order chi connectivity index (χ0) is 21.5. The van der Waals surface area contributed by atoms with Gasteiger partial charge in [0.2, 0.25) is 0 Å². The molecule has 1 atom stereocenters. The molecule has 0 bridgehead atoms. The van der Waals surface area contributed by atoms with E-state index in [1.165, 1.54) is 0 Å². The van der Waals surface area contributed by atoms with Crippen molar-refractivity contribution in [3.05, 3.63) is 94.5 Å². The zero-order valence-electron chi connectivity index (χ0n) is 16.8. The van der Waals surface area contributed by atoms with E-state index in [1.54, 1.807) is 36.4 Å². The highest BCUT2D eigenvalue weighted by molar-refractivity contribution is 6.31. The van der Waals surface area contributed by atoms with Crippen LogP contribution in [0.2, 0.25) is 5.02 Å². The predicted molar refractivity (Wildman–Crippen MR) is 119 cm³/mol. The molecule has 5 nitrogen and oxygen atoms in total. The van der Waals surface area contributed by atoms with E-state index in [0.29, 0.717) is 22.0 Å². The molecule has 0 aromatic heterocycles. The number of amides is 2. The van der Waals surface area contributed by atoms with Crippen molar-refractivity contribution >= 4 is 29.1 Å². The summed E-state index contributed by atoms with van der Waals surface area (Å²) in [5, 5.41) is 6.26. The number of carbonyl (C=O) groups is 2. The summed E-state index contributed by atoms with van der Waals surface area (Å²) in [4.78, 5) is 25.0. The maximum atomic E-state index is 12.7. The van der Waals surface area contributed by atoms with Gasteiger partial charge in [-0.05, 0) is 49.2 Å². The Morgan fingerprint density at radius 2 is 1.70 bits per heavy atom. The Morgan fingerprint density at radius 3 is 2.43 bits per heavy atom. The van der Waals surface area contributed by atoms with Gasteiger partial charge in [-0.15, -0.1) is 0 Å². The highest BCUT2D eigenvalue weighted by Crippen LogP contribution is 2.23. The topological polar surface area (TPSA) is 67.4 Å². The van der Waals surface area contributed by atoms with Crippen LogP contribution in [0.15, 0.2) is 72.8 Å². The van der Waals surface area contributed by atoms with Crippen LogP contribution in [0.1, 0.15) is 34.5 Å². The number of benzene rings is 3. The smallest absolute Gasteiger partial charge is 0.259 e. The van der Waals surface area contributed by atoms with Gasteiger partial charge in [-0.1, -0.05) is 60.1 Å². The molecule has 2 amide bonds. The molecule has 0 aliphatic carbocycles. The van der Waals surface area contributed by atoms with Gasteiger partial charge in [-0.2, -0.15) is 0 Å². The van der Waals surface area contributed by atoms with Crippen molar-refractivity contribution in [1.82, 2.24) is 5.32 Å². The van der Waals surface area contributed by atoms with Crippen LogP contribution < -0.4 is 15.4 Å². The Hall–Kier alpha value is -3.31. The van der Waals surface area contributed by atoms with E-state index >= 15 is 0 Å². The fraction of sp³-hybridized carbons (Fsp3) is 0.167. The highest BCUT2D eigenvalue weighted by atomic mass is 35.5. The van der Waals surface area contributed by atoms with Crippen LogP contribution in [0.4, 0.5) is 5.69 Å². The van der Waals surface area contributed by atoms with Gasteiger partial charge < -0.3 is 15.4 Å². The molecular formula is C24H23ClN2O3. The minimum atomic E-state index is -0.344. The average molecular weight is 423 g/mol. The van der Waals surface area contributed by atoms with Gasteiger partial charge in [0.25, 0.3) is 11.8 Å². The normalized spacial score (nSPS) is 11.4. The highest BCUT2D eigenvalue weighted by Gasteiger charge is 2.15. The number of anilines is 1. The minimum Gasteiger partial charge on any atom is -0.483 e. The Balaban J connectivity index is 1.62. The fourth-order valence-electron chi connectivity index (χ4n) is 2.90. The summed E-state index contributed by atoms with van der Waals surface area (Å²) in [5.74, 6) is -0.286. The molecule has 0 heterocycles. The second-order valence-electron chi connectivity index (χ2n) is 6.90. The molecule has 0 fully saturated rings. The van der Waals surface area contributed by atoms with Crippen LogP contribution in [0.5, 0.6) is 5.75 Å². The summed E-state index contributed by atoms with van der Waals surface area (Å²) < 4.78 is 5.64. The molecule has 0 aliphatic rings. The van der Waals surface area contributed by atoms with Crippen molar-refractivity contribution in [2.24, 2.45) is 0 Å². The van der Waals surface area contributed by atoms with E-state index in [4.69, 9.17) is 16.3 Å². The lowest BCUT2D eigenvalue weighted by molar-refractivity contribution is -0.123. The number of carbonyl (C=O) groups excluding carboxylic acids is 2. The van der Waals surface area contributed by atoms with Crippen molar-refractivity contribution in [2.75, 3.05) is 11.9 Å². The number of nitrogens with one attached hydrogen (secondary N) is 2. The maximum Gasteiger partial charge on any atom is 0.259 e. The van der Waals surface area contributed by atoms with E-state index in [0.717, 1.165) is 11.1 Å². The summed E-state index contributed by atoms with van der Waals surface area (Å²) >= 11 is 6.12. The van der Waals surface area contributed by atoms with Crippen molar-refractivity contribution in [3.8, 4) is 5.75 Å². The van der Waals surface area contributed by atoms with Gasteiger partial charge in [0, 0.05) is 10.7 Å². The van der Waals surface area contributed by atoms with Gasteiger partial charge >= 0.3 is 0 Å². The molecule has 2 N–H and O–H groups in total. The molecule has 0 radical (unpaired) electrons. The molecular weight excluding hydrogens is 400 g/mol. The first-order valence-electron chi connectivity index (χ1n) is 9.57. The molecule has 0 unspecified atom stereocenters. The molecule has 3 aromatic carbocycles. The third-order valence-corrected chi connectivity index (χ3v) is 5.00.